The van der Waals surface area contributed by atoms with Crippen LogP contribution in [-0.2, 0) is 6.42 Å². The molecule has 0 radical (unpaired) electrons. The average Bonchev–Trinajstić information content (AvgIpc) is 2.96. The van der Waals surface area contributed by atoms with Crippen LogP contribution in [0.4, 0.5) is 5.69 Å². The van der Waals surface area contributed by atoms with Gasteiger partial charge in [0.2, 0.25) is 5.89 Å². The largest absolute Gasteiger partial charge is 0.385 e. The molecule has 1 N–H and O–H groups in total. The minimum absolute atomic E-state index is 0.530. The van der Waals surface area contributed by atoms with Gasteiger partial charge in [-0.25, -0.2) is 0 Å². The van der Waals surface area contributed by atoms with Gasteiger partial charge in [-0.1, -0.05) is 29.8 Å². The molecule has 2 aromatic rings. The normalized spacial score (nSPS) is 21.4. The lowest BCUT2D eigenvalue weighted by molar-refractivity contribution is 0.375. The predicted molar refractivity (Wildman–Crippen MR) is 74.2 cm³/mol. The third-order valence-electron chi connectivity index (χ3n) is 3.64. The Labute approximate surface area is 113 Å². The van der Waals surface area contributed by atoms with Crippen LogP contribution in [0.25, 0.3) is 0 Å². The molecule has 1 fully saturated rings. The minimum Gasteiger partial charge on any atom is -0.385 e. The maximum Gasteiger partial charge on any atom is 0.228 e. The summed E-state index contributed by atoms with van der Waals surface area (Å²) >= 11 is 0. The smallest absolute Gasteiger partial charge is 0.228 e. The Hall–Kier alpha value is -1.84. The lowest BCUT2D eigenvalue weighted by Gasteiger charge is -2.04. The molecule has 1 aliphatic rings. The van der Waals surface area contributed by atoms with E-state index in [1.54, 1.807) is 0 Å². The number of nitrogens with zero attached hydrogens (tertiary/aromatic N) is 2. The first kappa shape index (κ1) is 12.2. The van der Waals surface area contributed by atoms with E-state index in [9.17, 15) is 0 Å². The predicted octanol–water partition coefficient (Wildman–Crippen LogP) is 3.16. The second-order valence-electron chi connectivity index (χ2n) is 5.41. The van der Waals surface area contributed by atoms with Crippen molar-refractivity contribution >= 4 is 5.69 Å². The molecular formula is C15H19N3O. The first-order chi connectivity index (χ1) is 9.22. The Bertz CT molecular complexity index is 547. The molecule has 1 aromatic carbocycles. The van der Waals surface area contributed by atoms with E-state index in [-0.39, 0.29) is 0 Å². The van der Waals surface area contributed by atoms with Crippen molar-refractivity contribution in [1.29, 1.82) is 0 Å². The van der Waals surface area contributed by atoms with Gasteiger partial charge in [0.15, 0.2) is 5.82 Å². The zero-order valence-electron chi connectivity index (χ0n) is 11.4. The summed E-state index contributed by atoms with van der Waals surface area (Å²) < 4.78 is 5.27. The lowest BCUT2D eigenvalue weighted by atomic mass is 10.2. The highest BCUT2D eigenvalue weighted by Crippen LogP contribution is 2.45. The zero-order valence-corrected chi connectivity index (χ0v) is 11.4. The van der Waals surface area contributed by atoms with Crippen LogP contribution in [0.2, 0.25) is 0 Å². The fourth-order valence-corrected chi connectivity index (χ4v) is 2.19. The number of hydrogen-bond donors (Lipinski definition) is 1. The molecule has 0 bridgehead atoms. The van der Waals surface area contributed by atoms with Crippen molar-refractivity contribution in [1.82, 2.24) is 10.1 Å². The molecule has 0 aliphatic heterocycles. The topological polar surface area (TPSA) is 51.0 Å². The number of aromatic nitrogens is 2. The average molecular weight is 257 g/mol. The van der Waals surface area contributed by atoms with Crippen LogP contribution in [0, 0.1) is 12.8 Å². The second-order valence-corrected chi connectivity index (χ2v) is 5.41. The van der Waals surface area contributed by atoms with E-state index >= 15 is 0 Å². The van der Waals surface area contributed by atoms with E-state index in [0.29, 0.717) is 5.92 Å². The molecule has 0 saturated heterocycles. The summed E-state index contributed by atoms with van der Waals surface area (Å²) in [6.07, 6.45) is 1.96. The fourth-order valence-electron chi connectivity index (χ4n) is 2.19. The maximum atomic E-state index is 5.27. The van der Waals surface area contributed by atoms with Crippen molar-refractivity contribution in [3.8, 4) is 0 Å². The standard InChI is InChI=1S/C15H19N3O/c1-10-3-5-12(6-4-10)16-8-7-14-17-15(18-19-14)13-9-11(13)2/h3-6,11,13,16H,7-9H2,1-2H3. The summed E-state index contributed by atoms with van der Waals surface area (Å²) in [5, 5.41) is 7.41. The first-order valence-electron chi connectivity index (χ1n) is 6.85. The van der Waals surface area contributed by atoms with Crippen molar-refractivity contribution in [3.05, 3.63) is 41.5 Å². The van der Waals surface area contributed by atoms with Gasteiger partial charge in [-0.3, -0.25) is 0 Å². The van der Waals surface area contributed by atoms with Crippen LogP contribution in [0.3, 0.4) is 0 Å². The summed E-state index contributed by atoms with van der Waals surface area (Å²) in [5.41, 5.74) is 2.40. The molecule has 1 aromatic heterocycles. The Morgan fingerprint density at radius 2 is 2.05 bits per heavy atom. The Balaban J connectivity index is 1.49. The van der Waals surface area contributed by atoms with Crippen molar-refractivity contribution in [2.45, 2.75) is 32.6 Å². The van der Waals surface area contributed by atoms with Crippen molar-refractivity contribution in [3.63, 3.8) is 0 Å². The van der Waals surface area contributed by atoms with Crippen LogP contribution in [-0.4, -0.2) is 16.7 Å². The zero-order chi connectivity index (χ0) is 13.2. The molecule has 2 atom stereocenters. The number of nitrogens with one attached hydrogen (secondary N) is 1. The van der Waals surface area contributed by atoms with Gasteiger partial charge in [-0.2, -0.15) is 4.98 Å². The summed E-state index contributed by atoms with van der Waals surface area (Å²) in [6, 6.07) is 8.37. The van der Waals surface area contributed by atoms with E-state index in [1.807, 2.05) is 0 Å². The molecule has 2 unspecified atom stereocenters. The van der Waals surface area contributed by atoms with Crippen LogP contribution >= 0.6 is 0 Å². The Kier molecular flexibility index (Phi) is 3.23. The van der Waals surface area contributed by atoms with Crippen molar-refractivity contribution in [2.75, 3.05) is 11.9 Å². The molecule has 1 saturated carbocycles. The van der Waals surface area contributed by atoms with Gasteiger partial charge in [-0.05, 0) is 31.4 Å². The highest BCUT2D eigenvalue weighted by atomic mass is 16.5. The van der Waals surface area contributed by atoms with Crippen molar-refractivity contribution < 1.29 is 4.52 Å². The molecule has 4 nitrogen and oxygen atoms in total. The van der Waals surface area contributed by atoms with E-state index in [1.165, 1.54) is 12.0 Å². The third kappa shape index (κ3) is 2.95. The van der Waals surface area contributed by atoms with Crippen molar-refractivity contribution in [2.24, 2.45) is 5.92 Å². The maximum absolute atomic E-state index is 5.27. The van der Waals surface area contributed by atoms with E-state index < -0.39 is 0 Å². The SMILES string of the molecule is Cc1ccc(NCCc2nc(C3CC3C)no2)cc1. The summed E-state index contributed by atoms with van der Waals surface area (Å²) in [4.78, 5) is 4.45. The van der Waals surface area contributed by atoms with Gasteiger partial charge in [0.05, 0.1) is 0 Å². The number of rotatable bonds is 5. The van der Waals surface area contributed by atoms with Crippen LogP contribution in [0.1, 0.15) is 36.5 Å². The monoisotopic (exact) mass is 257 g/mol. The molecule has 19 heavy (non-hydrogen) atoms. The van der Waals surface area contributed by atoms with Gasteiger partial charge < -0.3 is 9.84 Å². The number of anilines is 1. The van der Waals surface area contributed by atoms with Crippen LogP contribution in [0.5, 0.6) is 0 Å². The van der Waals surface area contributed by atoms with Gasteiger partial charge in [-0.15, -0.1) is 0 Å². The Morgan fingerprint density at radius 3 is 2.74 bits per heavy atom. The third-order valence-corrected chi connectivity index (χ3v) is 3.64. The molecule has 100 valence electrons. The molecule has 0 amide bonds. The van der Waals surface area contributed by atoms with E-state index in [4.69, 9.17) is 4.52 Å². The van der Waals surface area contributed by atoms with Gasteiger partial charge in [0.1, 0.15) is 0 Å². The van der Waals surface area contributed by atoms with E-state index in [2.05, 4.69) is 53.6 Å². The highest BCUT2D eigenvalue weighted by molar-refractivity contribution is 5.44. The summed E-state index contributed by atoms with van der Waals surface area (Å²) in [7, 11) is 0. The quantitative estimate of drug-likeness (QED) is 0.894. The Morgan fingerprint density at radius 1 is 1.32 bits per heavy atom. The summed E-state index contributed by atoms with van der Waals surface area (Å²) in [5.74, 6) is 2.87. The van der Waals surface area contributed by atoms with E-state index in [0.717, 1.165) is 36.3 Å². The van der Waals surface area contributed by atoms with Crippen LogP contribution < -0.4 is 5.32 Å². The minimum atomic E-state index is 0.530. The molecule has 1 heterocycles. The molecule has 1 aliphatic carbocycles. The fraction of sp³-hybridized carbons (Fsp3) is 0.467. The highest BCUT2D eigenvalue weighted by Gasteiger charge is 2.37. The second kappa shape index (κ2) is 5.03. The number of hydrogen-bond acceptors (Lipinski definition) is 4. The molecule has 4 heteroatoms. The van der Waals surface area contributed by atoms with Gasteiger partial charge in [0.25, 0.3) is 0 Å². The molecule has 3 rings (SSSR count). The van der Waals surface area contributed by atoms with Gasteiger partial charge in [0, 0.05) is 24.6 Å². The van der Waals surface area contributed by atoms with Crippen LogP contribution in [0.15, 0.2) is 28.8 Å². The molecule has 0 spiro atoms. The summed E-state index contributed by atoms with van der Waals surface area (Å²) in [6.45, 7) is 5.12. The number of aryl methyl sites for hydroxylation is 1. The first-order valence-corrected chi connectivity index (χ1v) is 6.85. The number of benzene rings is 1. The van der Waals surface area contributed by atoms with Gasteiger partial charge >= 0.3 is 0 Å². The lowest BCUT2D eigenvalue weighted by Crippen LogP contribution is -2.05. The molecular weight excluding hydrogens is 238 g/mol.